The highest BCUT2D eigenvalue weighted by Crippen LogP contribution is 2.27. The molecule has 98 valence electrons. The largest absolute Gasteiger partial charge is 0.478 e. The van der Waals surface area contributed by atoms with Gasteiger partial charge in [0.15, 0.2) is 0 Å². The van der Waals surface area contributed by atoms with E-state index >= 15 is 0 Å². The van der Waals surface area contributed by atoms with Crippen LogP contribution in [0.25, 0.3) is 0 Å². The first-order valence-electron chi connectivity index (χ1n) is 5.66. The van der Waals surface area contributed by atoms with Crippen molar-refractivity contribution in [2.75, 3.05) is 24.7 Å². The fraction of sp³-hybridized carbons (Fsp3) is 0.500. The van der Waals surface area contributed by atoms with Crippen molar-refractivity contribution >= 4 is 23.4 Å². The molecule has 0 aromatic carbocycles. The average Bonchev–Trinajstić information content (AvgIpc) is 2.27. The van der Waals surface area contributed by atoms with Crippen LogP contribution < -0.4 is 4.90 Å². The fourth-order valence-electron chi connectivity index (χ4n) is 2.03. The maximum absolute atomic E-state index is 11.0. The zero-order valence-corrected chi connectivity index (χ0v) is 11.1. The summed E-state index contributed by atoms with van der Waals surface area (Å²) >= 11 is 5.87. The van der Waals surface area contributed by atoms with Crippen molar-refractivity contribution in [2.45, 2.75) is 19.4 Å². The Bertz CT molecular complexity index is 476. The third-order valence-corrected chi connectivity index (χ3v) is 3.14. The first-order valence-corrected chi connectivity index (χ1v) is 6.04. The Morgan fingerprint density at radius 2 is 2.28 bits per heavy atom. The number of morpholine rings is 1. The van der Waals surface area contributed by atoms with Crippen molar-refractivity contribution in [3.05, 3.63) is 22.8 Å². The van der Waals surface area contributed by atoms with Gasteiger partial charge in [-0.15, -0.1) is 0 Å². The SMILES string of the molecule is CC1(C)COCCN1c1cc(C(=O)O)cc(Cl)n1. The lowest BCUT2D eigenvalue weighted by atomic mass is 10.0. The van der Waals surface area contributed by atoms with E-state index in [9.17, 15) is 4.79 Å². The van der Waals surface area contributed by atoms with E-state index in [1.165, 1.54) is 6.07 Å². The smallest absolute Gasteiger partial charge is 0.335 e. The Kier molecular flexibility index (Phi) is 3.45. The van der Waals surface area contributed by atoms with Gasteiger partial charge in [0.25, 0.3) is 0 Å². The predicted octanol–water partition coefficient (Wildman–Crippen LogP) is 2.05. The molecule has 1 aliphatic rings. The molecule has 0 spiro atoms. The second-order valence-electron chi connectivity index (χ2n) is 4.86. The van der Waals surface area contributed by atoms with Gasteiger partial charge in [0.05, 0.1) is 24.3 Å². The number of rotatable bonds is 2. The quantitative estimate of drug-likeness (QED) is 0.834. The summed E-state index contributed by atoms with van der Waals surface area (Å²) in [5, 5.41) is 9.22. The number of halogens is 1. The Hall–Kier alpha value is -1.33. The number of carboxylic acids is 1. The molecule has 1 fully saturated rings. The molecule has 0 atom stereocenters. The van der Waals surface area contributed by atoms with E-state index in [0.717, 1.165) is 0 Å². The van der Waals surface area contributed by atoms with Gasteiger partial charge < -0.3 is 14.7 Å². The van der Waals surface area contributed by atoms with Gasteiger partial charge in [-0.1, -0.05) is 11.6 Å². The van der Waals surface area contributed by atoms with Gasteiger partial charge in [-0.2, -0.15) is 0 Å². The second kappa shape index (κ2) is 4.74. The van der Waals surface area contributed by atoms with Crippen LogP contribution in [-0.4, -0.2) is 41.4 Å². The van der Waals surface area contributed by atoms with Gasteiger partial charge in [0, 0.05) is 6.54 Å². The molecule has 0 amide bonds. The van der Waals surface area contributed by atoms with Crippen molar-refractivity contribution in [2.24, 2.45) is 0 Å². The highest BCUT2D eigenvalue weighted by molar-refractivity contribution is 6.29. The van der Waals surface area contributed by atoms with E-state index in [1.807, 2.05) is 18.7 Å². The summed E-state index contributed by atoms with van der Waals surface area (Å²) in [4.78, 5) is 17.3. The lowest BCUT2D eigenvalue weighted by Crippen LogP contribution is -2.53. The van der Waals surface area contributed by atoms with Crippen LogP contribution in [0.3, 0.4) is 0 Å². The molecule has 1 saturated heterocycles. The number of carboxylic acid groups (broad SMARTS) is 1. The minimum Gasteiger partial charge on any atom is -0.478 e. The van der Waals surface area contributed by atoms with Crippen LogP contribution in [0, 0.1) is 0 Å². The van der Waals surface area contributed by atoms with E-state index in [-0.39, 0.29) is 16.3 Å². The molecule has 2 heterocycles. The molecule has 2 rings (SSSR count). The Morgan fingerprint density at radius 3 is 2.89 bits per heavy atom. The van der Waals surface area contributed by atoms with Crippen LogP contribution in [0.2, 0.25) is 5.15 Å². The molecule has 1 aromatic rings. The highest BCUT2D eigenvalue weighted by Gasteiger charge is 2.32. The number of nitrogens with zero attached hydrogens (tertiary/aromatic N) is 2. The van der Waals surface area contributed by atoms with Crippen LogP contribution in [0.15, 0.2) is 12.1 Å². The van der Waals surface area contributed by atoms with Crippen LogP contribution in [0.5, 0.6) is 0 Å². The molecular weight excluding hydrogens is 256 g/mol. The molecule has 0 saturated carbocycles. The van der Waals surface area contributed by atoms with E-state index in [2.05, 4.69) is 4.98 Å². The monoisotopic (exact) mass is 270 g/mol. The summed E-state index contributed by atoms with van der Waals surface area (Å²) in [5.74, 6) is -0.431. The first-order chi connectivity index (χ1) is 8.40. The average molecular weight is 271 g/mol. The first kappa shape index (κ1) is 13.1. The summed E-state index contributed by atoms with van der Waals surface area (Å²) in [6, 6.07) is 2.89. The molecule has 0 aliphatic carbocycles. The maximum atomic E-state index is 11.0. The lowest BCUT2D eigenvalue weighted by molar-refractivity contribution is 0.0638. The maximum Gasteiger partial charge on any atom is 0.335 e. The molecular formula is C12H15ClN2O3. The summed E-state index contributed by atoms with van der Waals surface area (Å²) in [5.41, 5.74) is -0.0848. The lowest BCUT2D eigenvalue weighted by Gasteiger charge is -2.43. The summed E-state index contributed by atoms with van der Waals surface area (Å²) in [6.07, 6.45) is 0. The predicted molar refractivity (Wildman–Crippen MR) is 68.5 cm³/mol. The van der Waals surface area contributed by atoms with Gasteiger partial charge in [-0.05, 0) is 26.0 Å². The van der Waals surface area contributed by atoms with Gasteiger partial charge in [-0.25, -0.2) is 9.78 Å². The molecule has 0 bridgehead atoms. The zero-order valence-electron chi connectivity index (χ0n) is 10.3. The number of hydrogen-bond acceptors (Lipinski definition) is 4. The fourth-order valence-corrected chi connectivity index (χ4v) is 2.23. The third kappa shape index (κ3) is 2.57. The molecule has 0 radical (unpaired) electrons. The van der Waals surface area contributed by atoms with E-state index < -0.39 is 5.97 Å². The number of ether oxygens (including phenoxy) is 1. The Balaban J connectivity index is 2.40. The number of anilines is 1. The number of pyridine rings is 1. The van der Waals surface area contributed by atoms with E-state index in [1.54, 1.807) is 6.07 Å². The van der Waals surface area contributed by atoms with Crippen molar-refractivity contribution in [3.63, 3.8) is 0 Å². The van der Waals surface area contributed by atoms with Gasteiger partial charge >= 0.3 is 5.97 Å². The van der Waals surface area contributed by atoms with Crippen molar-refractivity contribution in [3.8, 4) is 0 Å². The summed E-state index contributed by atoms with van der Waals surface area (Å²) in [7, 11) is 0. The molecule has 1 aromatic heterocycles. The van der Waals surface area contributed by atoms with Gasteiger partial charge in [0.1, 0.15) is 11.0 Å². The number of hydrogen-bond donors (Lipinski definition) is 1. The number of aromatic carboxylic acids is 1. The zero-order chi connectivity index (χ0) is 13.3. The molecule has 6 heteroatoms. The standard InChI is InChI=1S/C12H15ClN2O3/c1-12(2)7-18-4-3-15(12)10-6-8(11(16)17)5-9(13)14-10/h5-6H,3-4,7H2,1-2H3,(H,16,17). The van der Waals surface area contributed by atoms with Crippen molar-refractivity contribution in [1.82, 2.24) is 4.98 Å². The molecule has 1 aliphatic heterocycles. The van der Waals surface area contributed by atoms with Crippen molar-refractivity contribution in [1.29, 1.82) is 0 Å². The highest BCUT2D eigenvalue weighted by atomic mass is 35.5. The van der Waals surface area contributed by atoms with Crippen molar-refractivity contribution < 1.29 is 14.6 Å². The Morgan fingerprint density at radius 1 is 1.56 bits per heavy atom. The molecule has 1 N–H and O–H groups in total. The summed E-state index contributed by atoms with van der Waals surface area (Å²) in [6.45, 7) is 5.88. The topological polar surface area (TPSA) is 62.7 Å². The molecule has 18 heavy (non-hydrogen) atoms. The number of carbonyl (C=O) groups is 1. The van der Waals surface area contributed by atoms with Crippen LogP contribution in [0.1, 0.15) is 24.2 Å². The van der Waals surface area contributed by atoms with Crippen LogP contribution in [0.4, 0.5) is 5.82 Å². The van der Waals surface area contributed by atoms with E-state index in [4.69, 9.17) is 21.4 Å². The van der Waals surface area contributed by atoms with Crippen LogP contribution in [-0.2, 0) is 4.74 Å². The summed E-state index contributed by atoms with van der Waals surface area (Å²) < 4.78 is 5.43. The molecule has 5 nitrogen and oxygen atoms in total. The minimum absolute atomic E-state index is 0.146. The Labute approximate surface area is 110 Å². The third-order valence-electron chi connectivity index (χ3n) is 2.95. The van der Waals surface area contributed by atoms with Gasteiger partial charge in [0.2, 0.25) is 0 Å². The molecule has 0 unspecified atom stereocenters. The normalized spacial score (nSPS) is 18.7. The van der Waals surface area contributed by atoms with Crippen LogP contribution >= 0.6 is 11.6 Å². The van der Waals surface area contributed by atoms with E-state index in [0.29, 0.717) is 25.6 Å². The van der Waals surface area contributed by atoms with Gasteiger partial charge in [-0.3, -0.25) is 0 Å². The minimum atomic E-state index is -1.01. The second-order valence-corrected chi connectivity index (χ2v) is 5.25. The number of aromatic nitrogens is 1.